The van der Waals surface area contributed by atoms with E-state index in [1.165, 1.54) is 0 Å². The summed E-state index contributed by atoms with van der Waals surface area (Å²) in [7, 11) is 0. The molecule has 0 unspecified atom stereocenters. The van der Waals surface area contributed by atoms with E-state index >= 15 is 0 Å². The minimum absolute atomic E-state index is 0.366. The lowest BCUT2D eigenvalue weighted by Crippen LogP contribution is -2.19. The van der Waals surface area contributed by atoms with Crippen LogP contribution in [0.3, 0.4) is 0 Å². The largest absolute Gasteiger partial charge is 0.443 e. The number of amides is 1. The molecule has 2 aromatic heterocycles. The summed E-state index contributed by atoms with van der Waals surface area (Å²) in [5.74, 6) is 0.822. The highest BCUT2D eigenvalue weighted by atomic mass is 16.4. The number of nitrogens with one attached hydrogen (secondary N) is 1. The first-order chi connectivity index (χ1) is 13.3. The molecule has 7 nitrogen and oxygen atoms in total. The number of carbonyl (C=O) groups is 1. The summed E-state index contributed by atoms with van der Waals surface area (Å²) in [4.78, 5) is 12.2. The fourth-order valence-electron chi connectivity index (χ4n) is 3.05. The maximum atomic E-state index is 12.2. The Morgan fingerprint density at radius 1 is 1.29 bits per heavy atom. The van der Waals surface area contributed by atoms with Gasteiger partial charge in [0.1, 0.15) is 17.4 Å². The van der Waals surface area contributed by atoms with E-state index in [2.05, 4.69) is 16.6 Å². The van der Waals surface area contributed by atoms with Crippen LogP contribution in [-0.2, 0) is 0 Å². The van der Waals surface area contributed by atoms with Gasteiger partial charge in [-0.3, -0.25) is 9.36 Å². The highest BCUT2D eigenvalue weighted by Gasteiger charge is 2.20. The van der Waals surface area contributed by atoms with Crippen LogP contribution in [0, 0.1) is 39.0 Å². The smallest absolute Gasteiger partial charge is 0.273 e. The topological polar surface area (TPSA) is 109 Å². The van der Waals surface area contributed by atoms with Crippen molar-refractivity contribution in [3.8, 4) is 12.0 Å². The van der Waals surface area contributed by atoms with E-state index in [-0.39, 0.29) is 5.91 Å². The van der Waals surface area contributed by atoms with Crippen LogP contribution in [0.4, 0.5) is 5.69 Å². The van der Waals surface area contributed by atoms with Gasteiger partial charge in [0.15, 0.2) is 0 Å². The maximum absolute atomic E-state index is 12.2. The average Bonchev–Trinajstić information content (AvgIpc) is 3.10. The summed E-state index contributed by atoms with van der Waals surface area (Å²) < 4.78 is 7.70. The van der Waals surface area contributed by atoms with Crippen LogP contribution in [0.25, 0.3) is 5.88 Å². The molecule has 0 atom stereocenters. The molecule has 7 heteroatoms. The van der Waals surface area contributed by atoms with Crippen LogP contribution in [0.5, 0.6) is 0 Å². The normalized spacial score (nSPS) is 11.0. The molecule has 0 radical (unpaired) electrons. The second-order valence-corrected chi connectivity index (χ2v) is 6.52. The minimum atomic E-state index is -0.382. The first-order valence-electron chi connectivity index (χ1n) is 8.72. The van der Waals surface area contributed by atoms with Crippen LogP contribution in [0.2, 0.25) is 0 Å². The van der Waals surface area contributed by atoms with Crippen LogP contribution < -0.4 is 11.2 Å². The molecule has 142 valence electrons. The first kappa shape index (κ1) is 19.0. The third kappa shape index (κ3) is 3.28. The molecule has 0 saturated carbocycles. The Bertz CT molecular complexity index is 1130. The number of para-hydroxylation sites is 1. The summed E-state index contributed by atoms with van der Waals surface area (Å²) in [6.45, 7) is 7.52. The second-order valence-electron chi connectivity index (χ2n) is 6.52. The zero-order valence-corrected chi connectivity index (χ0v) is 16.2. The molecule has 0 fully saturated rings. The number of rotatable bonds is 4. The number of nitriles is 1. The Morgan fingerprint density at radius 3 is 2.68 bits per heavy atom. The number of hydrogen-bond acceptors (Lipinski definition) is 5. The molecule has 1 aromatic carbocycles. The van der Waals surface area contributed by atoms with Crippen molar-refractivity contribution in [1.29, 1.82) is 5.26 Å². The molecule has 0 spiro atoms. The Balaban J connectivity index is 1.88. The number of hydrogen-bond donors (Lipinski definition) is 2. The lowest BCUT2D eigenvalue weighted by atomic mass is 10.2. The third-order valence-corrected chi connectivity index (χ3v) is 4.73. The Hall–Kier alpha value is -3.79. The van der Waals surface area contributed by atoms with E-state index in [1.54, 1.807) is 30.5 Å². The number of aryl methyl sites for hydroxylation is 2. The Morgan fingerprint density at radius 2 is 2.00 bits per heavy atom. The van der Waals surface area contributed by atoms with Crippen LogP contribution >= 0.6 is 0 Å². The molecular weight excluding hydrogens is 354 g/mol. The van der Waals surface area contributed by atoms with Crippen molar-refractivity contribution >= 4 is 17.8 Å². The lowest BCUT2D eigenvalue weighted by Gasteiger charge is -2.06. The monoisotopic (exact) mass is 375 g/mol. The molecule has 28 heavy (non-hydrogen) atoms. The standard InChI is InChI=1S/C21H21N5O2/c1-12-9-16(11-24-25-20(27)17-7-5-6-8-19(17)23)14(3)26(12)21-18(10-22)13(2)15(4)28-21/h5-9,11H,23H2,1-4H3,(H,25,27)/b24-11+. The zero-order valence-electron chi connectivity index (χ0n) is 16.2. The van der Waals surface area contributed by atoms with E-state index in [4.69, 9.17) is 10.2 Å². The molecule has 2 heterocycles. The van der Waals surface area contributed by atoms with E-state index in [0.717, 1.165) is 22.5 Å². The average molecular weight is 375 g/mol. The van der Waals surface area contributed by atoms with Crippen molar-refractivity contribution in [2.24, 2.45) is 5.10 Å². The van der Waals surface area contributed by atoms with Gasteiger partial charge >= 0.3 is 0 Å². The van der Waals surface area contributed by atoms with Crippen LogP contribution in [0.1, 0.15) is 44.2 Å². The number of nitrogen functional groups attached to an aromatic ring is 1. The number of hydrazone groups is 1. The van der Waals surface area contributed by atoms with E-state index < -0.39 is 0 Å². The predicted molar refractivity (Wildman–Crippen MR) is 108 cm³/mol. The molecule has 1 amide bonds. The lowest BCUT2D eigenvalue weighted by molar-refractivity contribution is 0.0956. The van der Waals surface area contributed by atoms with Crippen molar-refractivity contribution in [3.63, 3.8) is 0 Å². The van der Waals surface area contributed by atoms with Gasteiger partial charge in [-0.2, -0.15) is 10.4 Å². The number of aromatic nitrogens is 1. The van der Waals surface area contributed by atoms with Gasteiger partial charge in [0.2, 0.25) is 5.88 Å². The molecule has 3 aromatic rings. The molecule has 0 saturated heterocycles. The summed E-state index contributed by atoms with van der Waals surface area (Å²) in [6, 6.07) is 10.9. The highest BCUT2D eigenvalue weighted by molar-refractivity contribution is 5.99. The summed E-state index contributed by atoms with van der Waals surface area (Å²) in [5.41, 5.74) is 12.9. The SMILES string of the molecule is Cc1oc(-n2c(C)cc(/C=N/NC(=O)c3ccccc3N)c2C)c(C#N)c1C. The van der Waals surface area contributed by atoms with Gasteiger partial charge in [-0.25, -0.2) is 5.43 Å². The van der Waals surface area contributed by atoms with E-state index in [0.29, 0.717) is 28.5 Å². The van der Waals surface area contributed by atoms with Crippen molar-refractivity contribution < 1.29 is 9.21 Å². The number of furan rings is 1. The second kappa shape index (κ2) is 7.45. The molecule has 3 N–H and O–H groups in total. The summed E-state index contributed by atoms with van der Waals surface area (Å²) >= 11 is 0. The van der Waals surface area contributed by atoms with Gasteiger partial charge in [0.25, 0.3) is 5.91 Å². The van der Waals surface area contributed by atoms with Gasteiger partial charge in [-0.1, -0.05) is 12.1 Å². The minimum Gasteiger partial charge on any atom is -0.443 e. The molecule has 3 rings (SSSR count). The third-order valence-electron chi connectivity index (χ3n) is 4.73. The molecule has 0 bridgehead atoms. The van der Waals surface area contributed by atoms with Gasteiger partial charge < -0.3 is 10.2 Å². The van der Waals surface area contributed by atoms with Gasteiger partial charge in [0.05, 0.1) is 11.8 Å². The first-order valence-corrected chi connectivity index (χ1v) is 8.72. The quantitative estimate of drug-likeness (QED) is 0.413. The number of anilines is 1. The zero-order chi connectivity index (χ0) is 20.4. The van der Waals surface area contributed by atoms with Crippen LogP contribution in [0.15, 0.2) is 39.9 Å². The maximum Gasteiger partial charge on any atom is 0.273 e. The highest BCUT2D eigenvalue weighted by Crippen LogP contribution is 2.28. The molecule has 0 aliphatic heterocycles. The number of benzene rings is 1. The fourth-order valence-corrected chi connectivity index (χ4v) is 3.05. The van der Waals surface area contributed by atoms with Crippen molar-refractivity contribution in [2.75, 3.05) is 5.73 Å². The van der Waals surface area contributed by atoms with E-state index in [1.807, 2.05) is 38.3 Å². The summed E-state index contributed by atoms with van der Waals surface area (Å²) in [6.07, 6.45) is 1.56. The molecular formula is C21H21N5O2. The molecule has 0 aliphatic rings. The van der Waals surface area contributed by atoms with Crippen molar-refractivity contribution in [3.05, 3.63) is 69.7 Å². The predicted octanol–water partition coefficient (Wildman–Crippen LogP) is 3.52. The number of nitrogens with two attached hydrogens (primary N) is 1. The number of nitrogens with zero attached hydrogens (tertiary/aromatic N) is 3. The van der Waals surface area contributed by atoms with Crippen LogP contribution in [-0.4, -0.2) is 16.7 Å². The van der Waals surface area contributed by atoms with Gasteiger partial charge in [0, 0.05) is 28.2 Å². The van der Waals surface area contributed by atoms with Gasteiger partial charge in [-0.15, -0.1) is 0 Å². The Labute approximate surface area is 163 Å². The van der Waals surface area contributed by atoms with E-state index in [9.17, 15) is 10.1 Å². The number of carbonyl (C=O) groups excluding carboxylic acids is 1. The summed E-state index contributed by atoms with van der Waals surface area (Å²) in [5, 5.41) is 13.5. The van der Waals surface area contributed by atoms with Gasteiger partial charge in [-0.05, 0) is 45.9 Å². The molecule has 0 aliphatic carbocycles. The van der Waals surface area contributed by atoms with Crippen molar-refractivity contribution in [2.45, 2.75) is 27.7 Å². The Kier molecular flexibility index (Phi) is 5.05. The van der Waals surface area contributed by atoms with Crippen molar-refractivity contribution in [1.82, 2.24) is 9.99 Å². The fraction of sp³-hybridized carbons (Fsp3) is 0.190.